The fraction of sp³-hybridized carbons (Fsp3) is 0.235. The molecule has 0 aromatic heterocycles. The van der Waals surface area contributed by atoms with Gasteiger partial charge in [0.25, 0.3) is 5.91 Å². The average molecular weight is 549 g/mol. The maximum atomic E-state index is 12.6. The summed E-state index contributed by atoms with van der Waals surface area (Å²) in [6, 6.07) is 33.9. The molecule has 7 nitrogen and oxygen atoms in total. The van der Waals surface area contributed by atoms with Gasteiger partial charge in [-0.1, -0.05) is 72.8 Å². The number of amides is 1. The zero-order chi connectivity index (χ0) is 28.3. The predicted octanol–water partition coefficient (Wildman–Crippen LogP) is 5.36. The van der Waals surface area contributed by atoms with Crippen molar-refractivity contribution in [2.75, 3.05) is 33.3 Å². The molecule has 4 aromatic carbocycles. The monoisotopic (exact) mass is 548 g/mol. The summed E-state index contributed by atoms with van der Waals surface area (Å²) in [5.74, 6) is 0.994. The van der Waals surface area contributed by atoms with E-state index in [0.29, 0.717) is 23.7 Å². The minimum absolute atomic E-state index is 0.253. The van der Waals surface area contributed by atoms with E-state index in [4.69, 9.17) is 9.47 Å². The summed E-state index contributed by atoms with van der Waals surface area (Å²) in [6.07, 6.45) is 1.59. The van der Waals surface area contributed by atoms with Crippen LogP contribution in [0, 0.1) is 0 Å². The van der Waals surface area contributed by atoms with Crippen LogP contribution in [0.4, 0.5) is 0 Å². The Bertz CT molecular complexity index is 1420. The van der Waals surface area contributed by atoms with E-state index in [1.807, 2.05) is 72.8 Å². The maximum absolute atomic E-state index is 12.6. The van der Waals surface area contributed by atoms with Gasteiger partial charge in [-0.15, -0.1) is 0 Å². The quantitative estimate of drug-likeness (QED) is 0.202. The molecular formula is C34H36N4O3. The van der Waals surface area contributed by atoms with Crippen molar-refractivity contribution in [1.29, 1.82) is 0 Å². The number of nitrogens with one attached hydrogen (secondary N) is 1. The molecule has 4 aromatic rings. The largest absolute Gasteiger partial charge is 0.493 e. The average Bonchev–Trinajstić information content (AvgIpc) is 3.02. The van der Waals surface area contributed by atoms with Crippen LogP contribution in [-0.4, -0.2) is 55.2 Å². The van der Waals surface area contributed by atoms with Gasteiger partial charge >= 0.3 is 0 Å². The fourth-order valence-electron chi connectivity index (χ4n) is 4.82. The van der Waals surface area contributed by atoms with E-state index in [1.165, 1.54) is 11.1 Å². The van der Waals surface area contributed by atoms with Gasteiger partial charge in [-0.3, -0.25) is 14.6 Å². The van der Waals surface area contributed by atoms with Crippen molar-refractivity contribution >= 4 is 12.1 Å². The molecule has 0 radical (unpaired) electrons. The van der Waals surface area contributed by atoms with Crippen molar-refractivity contribution in [2.45, 2.75) is 19.7 Å². The van der Waals surface area contributed by atoms with Gasteiger partial charge in [0.15, 0.2) is 11.5 Å². The zero-order valence-electron chi connectivity index (χ0n) is 23.4. The Morgan fingerprint density at radius 3 is 1.95 bits per heavy atom. The van der Waals surface area contributed by atoms with E-state index in [9.17, 15) is 4.79 Å². The number of hydrogen-bond donors (Lipinski definition) is 1. The summed E-state index contributed by atoms with van der Waals surface area (Å²) in [7, 11) is 1.60. The molecule has 210 valence electrons. The Balaban J connectivity index is 1.07. The van der Waals surface area contributed by atoms with Gasteiger partial charge in [-0.05, 0) is 52.6 Å². The van der Waals surface area contributed by atoms with E-state index in [1.54, 1.807) is 13.3 Å². The van der Waals surface area contributed by atoms with Crippen LogP contribution in [0.2, 0.25) is 0 Å². The number of rotatable bonds is 11. The molecule has 7 heteroatoms. The predicted molar refractivity (Wildman–Crippen MR) is 162 cm³/mol. The van der Waals surface area contributed by atoms with E-state index in [0.717, 1.165) is 50.4 Å². The Hall–Kier alpha value is -4.46. The number of carbonyl (C=O) groups is 1. The van der Waals surface area contributed by atoms with Gasteiger partial charge in [-0.25, -0.2) is 5.43 Å². The summed E-state index contributed by atoms with van der Waals surface area (Å²) < 4.78 is 11.4. The molecule has 1 fully saturated rings. The van der Waals surface area contributed by atoms with E-state index < -0.39 is 0 Å². The van der Waals surface area contributed by atoms with Crippen molar-refractivity contribution in [1.82, 2.24) is 15.2 Å². The first kappa shape index (κ1) is 28.1. The van der Waals surface area contributed by atoms with Crippen LogP contribution >= 0.6 is 0 Å². The molecule has 0 saturated carbocycles. The van der Waals surface area contributed by atoms with Gasteiger partial charge in [0.2, 0.25) is 0 Å². The normalized spacial score (nSPS) is 14.2. The molecule has 0 bridgehead atoms. The lowest BCUT2D eigenvalue weighted by atomic mass is 10.1. The van der Waals surface area contributed by atoms with Crippen LogP contribution in [-0.2, 0) is 19.7 Å². The molecule has 5 rings (SSSR count). The third kappa shape index (κ3) is 8.27. The molecule has 1 aliphatic rings. The number of hydrazone groups is 1. The van der Waals surface area contributed by atoms with Crippen molar-refractivity contribution < 1.29 is 14.3 Å². The summed E-state index contributed by atoms with van der Waals surface area (Å²) in [5, 5.41) is 4.14. The minimum atomic E-state index is -0.253. The molecule has 0 atom stereocenters. The Kier molecular flexibility index (Phi) is 9.76. The topological polar surface area (TPSA) is 66.4 Å². The number of piperazine rings is 1. The lowest BCUT2D eigenvalue weighted by Gasteiger charge is -2.34. The lowest BCUT2D eigenvalue weighted by Crippen LogP contribution is -2.45. The van der Waals surface area contributed by atoms with E-state index >= 15 is 0 Å². The first-order valence-electron chi connectivity index (χ1n) is 13.9. The highest BCUT2D eigenvalue weighted by molar-refractivity contribution is 5.95. The third-order valence-electron chi connectivity index (χ3n) is 7.14. The van der Waals surface area contributed by atoms with Crippen molar-refractivity contribution in [3.63, 3.8) is 0 Å². The number of nitrogens with zero attached hydrogens (tertiary/aromatic N) is 3. The van der Waals surface area contributed by atoms with Gasteiger partial charge in [0, 0.05) is 44.8 Å². The van der Waals surface area contributed by atoms with Crippen LogP contribution in [0.25, 0.3) is 0 Å². The number of hydrogen-bond acceptors (Lipinski definition) is 6. The summed E-state index contributed by atoms with van der Waals surface area (Å²) >= 11 is 0. The highest BCUT2D eigenvalue weighted by Crippen LogP contribution is 2.28. The highest BCUT2D eigenvalue weighted by atomic mass is 16.5. The number of carbonyl (C=O) groups excluding carboxylic acids is 1. The molecule has 1 amide bonds. The minimum Gasteiger partial charge on any atom is -0.493 e. The number of methoxy groups -OCH3 is 1. The van der Waals surface area contributed by atoms with E-state index in [2.05, 4.69) is 50.7 Å². The Labute approximate surface area is 242 Å². The second-order valence-electron chi connectivity index (χ2n) is 10.1. The van der Waals surface area contributed by atoms with Gasteiger partial charge < -0.3 is 9.47 Å². The highest BCUT2D eigenvalue weighted by Gasteiger charge is 2.17. The van der Waals surface area contributed by atoms with Crippen molar-refractivity contribution in [3.05, 3.63) is 131 Å². The molecular weight excluding hydrogens is 512 g/mol. The molecule has 0 aliphatic carbocycles. The molecule has 0 unspecified atom stereocenters. The van der Waals surface area contributed by atoms with Gasteiger partial charge in [0.05, 0.1) is 13.3 Å². The third-order valence-corrected chi connectivity index (χ3v) is 7.14. The number of benzene rings is 4. The van der Waals surface area contributed by atoms with Crippen LogP contribution < -0.4 is 14.9 Å². The Morgan fingerprint density at radius 2 is 1.34 bits per heavy atom. The molecule has 41 heavy (non-hydrogen) atoms. The standard InChI is InChI=1S/C34H36N4O3/c1-40-33-22-30(14-17-32(33)41-26-29-10-6-3-7-11-29)23-35-36-34(39)31-15-12-28(13-16-31)25-38-20-18-37(19-21-38)24-27-8-4-2-5-9-27/h2-17,22-23H,18-21,24-26H2,1H3,(H,36,39)/b35-23-. The second-order valence-corrected chi connectivity index (χ2v) is 10.1. The zero-order valence-corrected chi connectivity index (χ0v) is 23.4. The molecule has 1 N–H and O–H groups in total. The summed E-state index contributed by atoms with van der Waals surface area (Å²) in [6.45, 7) is 6.52. The maximum Gasteiger partial charge on any atom is 0.271 e. The molecule has 0 spiro atoms. The molecule has 1 aliphatic heterocycles. The second kappa shape index (κ2) is 14.3. The molecule has 1 heterocycles. The fourth-order valence-corrected chi connectivity index (χ4v) is 4.82. The molecule has 1 saturated heterocycles. The lowest BCUT2D eigenvalue weighted by molar-refractivity contribution is 0.0955. The first-order valence-corrected chi connectivity index (χ1v) is 13.9. The van der Waals surface area contributed by atoms with Crippen LogP contribution in [0.1, 0.15) is 32.6 Å². The smallest absolute Gasteiger partial charge is 0.271 e. The summed E-state index contributed by atoms with van der Waals surface area (Å²) in [4.78, 5) is 17.6. The Morgan fingerprint density at radius 1 is 0.756 bits per heavy atom. The van der Waals surface area contributed by atoms with Gasteiger partial charge in [-0.2, -0.15) is 5.10 Å². The van der Waals surface area contributed by atoms with Crippen LogP contribution in [0.5, 0.6) is 11.5 Å². The van der Waals surface area contributed by atoms with Crippen molar-refractivity contribution in [2.24, 2.45) is 5.10 Å². The van der Waals surface area contributed by atoms with Crippen molar-refractivity contribution in [3.8, 4) is 11.5 Å². The number of ether oxygens (including phenoxy) is 2. The van der Waals surface area contributed by atoms with Gasteiger partial charge in [0.1, 0.15) is 6.61 Å². The summed E-state index contributed by atoms with van der Waals surface area (Å²) in [5.41, 5.74) is 7.61. The van der Waals surface area contributed by atoms with Crippen LogP contribution in [0.15, 0.2) is 108 Å². The van der Waals surface area contributed by atoms with Crippen LogP contribution in [0.3, 0.4) is 0 Å². The SMILES string of the molecule is COc1cc(/C=N\NC(=O)c2ccc(CN3CCN(Cc4ccccc4)CC3)cc2)ccc1OCc1ccccc1. The van der Waals surface area contributed by atoms with E-state index in [-0.39, 0.29) is 5.91 Å². The first-order chi connectivity index (χ1) is 20.2.